The zero-order chi connectivity index (χ0) is 13.8. The molecule has 0 amide bonds. The van der Waals surface area contributed by atoms with E-state index in [2.05, 4.69) is 0 Å². The van der Waals surface area contributed by atoms with E-state index in [1.807, 2.05) is 50.2 Å². The third-order valence-corrected chi connectivity index (χ3v) is 3.14. The lowest BCUT2D eigenvalue weighted by atomic mass is 9.78. The summed E-state index contributed by atoms with van der Waals surface area (Å²) in [5.74, 6) is 0.516. The van der Waals surface area contributed by atoms with Crippen LogP contribution in [0.15, 0.2) is 42.5 Å². The van der Waals surface area contributed by atoms with Crippen molar-refractivity contribution >= 4 is 12.6 Å². The van der Waals surface area contributed by atoms with E-state index in [1.54, 1.807) is 6.07 Å². The Kier molecular flexibility index (Phi) is 4.25. The van der Waals surface area contributed by atoms with Gasteiger partial charge in [0.15, 0.2) is 0 Å². The molecular weight excluding hydrogens is 239 g/mol. The van der Waals surface area contributed by atoms with Gasteiger partial charge in [-0.3, -0.25) is 0 Å². The molecular formula is C15H17BO3. The van der Waals surface area contributed by atoms with Crippen LogP contribution in [0.25, 0.3) is 0 Å². The fourth-order valence-corrected chi connectivity index (χ4v) is 1.87. The van der Waals surface area contributed by atoms with Crippen LogP contribution in [0.4, 0.5) is 0 Å². The number of benzene rings is 2. The molecule has 0 saturated carbocycles. The van der Waals surface area contributed by atoms with E-state index in [-0.39, 0.29) is 0 Å². The monoisotopic (exact) mass is 256 g/mol. The molecule has 2 rings (SSSR count). The van der Waals surface area contributed by atoms with Crippen LogP contribution in [0.3, 0.4) is 0 Å². The molecule has 0 aliphatic rings. The molecule has 0 fully saturated rings. The van der Waals surface area contributed by atoms with Crippen molar-refractivity contribution in [3.63, 3.8) is 0 Å². The minimum absolute atomic E-state index is 0.402. The number of hydrogen-bond acceptors (Lipinski definition) is 3. The average molecular weight is 256 g/mol. The number of hydrogen-bond donors (Lipinski definition) is 2. The molecule has 0 unspecified atom stereocenters. The van der Waals surface area contributed by atoms with E-state index in [0.717, 1.165) is 16.7 Å². The minimum atomic E-state index is -1.52. The van der Waals surface area contributed by atoms with E-state index < -0.39 is 7.12 Å². The second-order valence-electron chi connectivity index (χ2n) is 4.62. The highest BCUT2D eigenvalue weighted by molar-refractivity contribution is 6.59. The maximum atomic E-state index is 9.39. The van der Waals surface area contributed by atoms with Crippen molar-refractivity contribution in [1.29, 1.82) is 0 Å². The van der Waals surface area contributed by atoms with Gasteiger partial charge in [-0.1, -0.05) is 36.4 Å². The lowest BCUT2D eigenvalue weighted by molar-refractivity contribution is 0.306. The van der Waals surface area contributed by atoms with Crippen LogP contribution in [0, 0.1) is 13.8 Å². The van der Waals surface area contributed by atoms with Gasteiger partial charge in [-0.25, -0.2) is 0 Å². The molecule has 0 bridgehead atoms. The van der Waals surface area contributed by atoms with Gasteiger partial charge in [0.05, 0.1) is 0 Å². The van der Waals surface area contributed by atoms with Gasteiger partial charge < -0.3 is 14.8 Å². The van der Waals surface area contributed by atoms with E-state index in [0.29, 0.717) is 17.8 Å². The van der Waals surface area contributed by atoms with Crippen molar-refractivity contribution in [1.82, 2.24) is 0 Å². The first kappa shape index (κ1) is 13.7. The lowest BCUT2D eigenvalue weighted by Gasteiger charge is -2.14. The zero-order valence-electron chi connectivity index (χ0n) is 11.1. The third-order valence-electron chi connectivity index (χ3n) is 3.14. The standard InChI is InChI=1S/C15H17BO3/c1-11-8-14(16(17)18)15(9-12(11)2)19-10-13-6-4-3-5-7-13/h3-9,17-18H,10H2,1-2H3. The van der Waals surface area contributed by atoms with E-state index in [4.69, 9.17) is 4.74 Å². The number of rotatable bonds is 4. The summed E-state index contributed by atoms with van der Waals surface area (Å²) < 4.78 is 5.70. The third kappa shape index (κ3) is 3.37. The largest absolute Gasteiger partial charge is 0.492 e. The van der Waals surface area contributed by atoms with Crippen molar-refractivity contribution in [2.24, 2.45) is 0 Å². The number of ether oxygens (including phenoxy) is 1. The van der Waals surface area contributed by atoms with Crippen LogP contribution < -0.4 is 10.2 Å². The maximum Gasteiger partial charge on any atom is 0.492 e. The minimum Gasteiger partial charge on any atom is -0.489 e. The Balaban J connectivity index is 2.22. The molecule has 0 saturated heterocycles. The number of aryl methyl sites for hydroxylation is 2. The second kappa shape index (κ2) is 5.91. The molecule has 0 aromatic heterocycles. The first-order chi connectivity index (χ1) is 9.08. The fourth-order valence-electron chi connectivity index (χ4n) is 1.87. The molecule has 3 nitrogen and oxygen atoms in total. The summed E-state index contributed by atoms with van der Waals surface area (Å²) in [5, 5.41) is 18.8. The summed E-state index contributed by atoms with van der Waals surface area (Å²) in [6.07, 6.45) is 0. The SMILES string of the molecule is Cc1cc(OCc2ccccc2)c(B(O)O)cc1C. The molecule has 0 spiro atoms. The summed E-state index contributed by atoms with van der Waals surface area (Å²) in [7, 11) is -1.52. The van der Waals surface area contributed by atoms with E-state index in [1.165, 1.54) is 0 Å². The summed E-state index contributed by atoms with van der Waals surface area (Å²) >= 11 is 0. The van der Waals surface area contributed by atoms with Gasteiger partial charge in [-0.15, -0.1) is 0 Å². The van der Waals surface area contributed by atoms with Gasteiger partial charge in [0.2, 0.25) is 0 Å². The molecule has 0 aliphatic heterocycles. The van der Waals surface area contributed by atoms with Crippen molar-refractivity contribution < 1.29 is 14.8 Å². The Labute approximate surface area is 113 Å². The highest BCUT2D eigenvalue weighted by Gasteiger charge is 2.18. The van der Waals surface area contributed by atoms with E-state index >= 15 is 0 Å². The molecule has 98 valence electrons. The van der Waals surface area contributed by atoms with Gasteiger partial charge in [0.25, 0.3) is 0 Å². The highest BCUT2D eigenvalue weighted by atomic mass is 16.5. The normalized spacial score (nSPS) is 10.3. The van der Waals surface area contributed by atoms with Crippen LogP contribution >= 0.6 is 0 Å². The van der Waals surface area contributed by atoms with Crippen molar-refractivity contribution in [3.05, 3.63) is 59.2 Å². The molecule has 0 heterocycles. The van der Waals surface area contributed by atoms with Gasteiger partial charge >= 0.3 is 7.12 Å². The summed E-state index contributed by atoms with van der Waals surface area (Å²) in [6, 6.07) is 13.4. The Morgan fingerprint density at radius 2 is 1.63 bits per heavy atom. The van der Waals surface area contributed by atoms with Crippen LogP contribution in [-0.2, 0) is 6.61 Å². The smallest absolute Gasteiger partial charge is 0.489 e. The Morgan fingerprint density at radius 3 is 2.26 bits per heavy atom. The molecule has 2 N–H and O–H groups in total. The van der Waals surface area contributed by atoms with Crippen LogP contribution in [-0.4, -0.2) is 17.2 Å². The Hall–Kier alpha value is -1.78. The predicted octanol–water partition coefficient (Wildman–Crippen LogP) is 1.56. The van der Waals surface area contributed by atoms with E-state index in [9.17, 15) is 10.0 Å². The summed E-state index contributed by atoms with van der Waals surface area (Å²) in [5.41, 5.74) is 3.51. The molecule has 0 atom stereocenters. The fraction of sp³-hybridized carbons (Fsp3) is 0.200. The van der Waals surface area contributed by atoms with Crippen molar-refractivity contribution in [2.45, 2.75) is 20.5 Å². The molecule has 2 aromatic rings. The van der Waals surface area contributed by atoms with Gasteiger partial charge in [-0.2, -0.15) is 0 Å². The predicted molar refractivity (Wildman–Crippen MR) is 76.5 cm³/mol. The zero-order valence-corrected chi connectivity index (χ0v) is 11.1. The first-order valence-electron chi connectivity index (χ1n) is 6.22. The van der Waals surface area contributed by atoms with Gasteiger partial charge in [0.1, 0.15) is 12.4 Å². The second-order valence-corrected chi connectivity index (χ2v) is 4.62. The Morgan fingerprint density at radius 1 is 1.00 bits per heavy atom. The molecule has 0 aliphatic carbocycles. The van der Waals surface area contributed by atoms with Gasteiger partial charge in [-0.05, 0) is 36.6 Å². The van der Waals surface area contributed by atoms with Crippen LogP contribution in [0.2, 0.25) is 0 Å². The van der Waals surface area contributed by atoms with Gasteiger partial charge in [0, 0.05) is 5.46 Å². The van der Waals surface area contributed by atoms with Crippen LogP contribution in [0.1, 0.15) is 16.7 Å². The van der Waals surface area contributed by atoms with Crippen LogP contribution in [0.5, 0.6) is 5.75 Å². The molecule has 0 radical (unpaired) electrons. The van der Waals surface area contributed by atoms with Crippen molar-refractivity contribution in [3.8, 4) is 5.75 Å². The van der Waals surface area contributed by atoms with Crippen molar-refractivity contribution in [2.75, 3.05) is 0 Å². The Bertz CT molecular complexity index is 553. The maximum absolute atomic E-state index is 9.39. The lowest BCUT2D eigenvalue weighted by Crippen LogP contribution is -2.32. The molecule has 4 heteroatoms. The topological polar surface area (TPSA) is 49.7 Å². The summed E-state index contributed by atoms with van der Waals surface area (Å²) in [6.45, 7) is 4.31. The summed E-state index contributed by atoms with van der Waals surface area (Å²) in [4.78, 5) is 0. The molecule has 2 aromatic carbocycles. The average Bonchev–Trinajstić information content (AvgIpc) is 2.40. The highest BCUT2D eigenvalue weighted by Crippen LogP contribution is 2.16. The first-order valence-corrected chi connectivity index (χ1v) is 6.22. The molecule has 19 heavy (non-hydrogen) atoms. The quantitative estimate of drug-likeness (QED) is 0.816.